The topological polar surface area (TPSA) is 41.6 Å². The second-order valence-corrected chi connectivity index (χ2v) is 2.86. The fraction of sp³-hybridized carbons (Fsp3) is 0.625. The van der Waals surface area contributed by atoms with E-state index in [1.165, 1.54) is 7.11 Å². The lowest BCUT2D eigenvalue weighted by molar-refractivity contribution is -0.140. The Hall–Kier alpha value is -1.19. The van der Waals surface area contributed by atoms with Crippen LogP contribution >= 0.6 is 0 Å². The van der Waals surface area contributed by atoms with E-state index in [0.717, 1.165) is 18.1 Å². The molecule has 0 unspecified atom stereocenters. The van der Waals surface area contributed by atoms with E-state index in [9.17, 15) is 4.79 Å². The van der Waals surface area contributed by atoms with Gasteiger partial charge in [0.2, 0.25) is 0 Å². The van der Waals surface area contributed by atoms with Gasteiger partial charge in [0.25, 0.3) is 0 Å². The van der Waals surface area contributed by atoms with Gasteiger partial charge >= 0.3 is 5.97 Å². The number of nitrogens with one attached hydrogen (secondary N) is 1. The first-order valence-electron chi connectivity index (χ1n) is 3.86. The first-order valence-corrected chi connectivity index (χ1v) is 3.86. The van der Waals surface area contributed by atoms with Crippen LogP contribution in [0.25, 0.3) is 0 Å². The average Bonchev–Trinajstić information content (AvgIpc) is 2.35. The van der Waals surface area contributed by atoms with Crippen LogP contribution in [0.15, 0.2) is 11.4 Å². The lowest BCUT2D eigenvalue weighted by Gasteiger charge is -2.13. The average molecular weight is 170 g/mol. The van der Waals surface area contributed by atoms with Gasteiger partial charge in [-0.05, 0) is 6.92 Å². The molecule has 1 aliphatic heterocycles. The first kappa shape index (κ1) is 8.90. The van der Waals surface area contributed by atoms with Crippen LogP contribution in [-0.4, -0.2) is 31.7 Å². The van der Waals surface area contributed by atoms with E-state index in [-0.39, 0.29) is 5.97 Å². The molecule has 4 nitrogen and oxygen atoms in total. The fourth-order valence-corrected chi connectivity index (χ4v) is 1.20. The monoisotopic (exact) mass is 170 g/mol. The highest BCUT2D eigenvalue weighted by Crippen LogP contribution is 2.16. The molecule has 0 saturated carbocycles. The lowest BCUT2D eigenvalue weighted by atomic mass is 10.2. The largest absolute Gasteiger partial charge is 0.469 e. The molecule has 0 aliphatic carbocycles. The van der Waals surface area contributed by atoms with Crippen LogP contribution in [0, 0.1) is 0 Å². The second-order valence-electron chi connectivity index (χ2n) is 2.86. The molecule has 0 bridgehead atoms. The van der Waals surface area contributed by atoms with Crippen LogP contribution in [0.2, 0.25) is 0 Å². The Kier molecular flexibility index (Phi) is 2.58. The molecule has 68 valence electrons. The Morgan fingerprint density at radius 2 is 2.42 bits per heavy atom. The lowest BCUT2D eigenvalue weighted by Crippen LogP contribution is -2.20. The van der Waals surface area contributed by atoms with Crippen molar-refractivity contribution >= 4 is 5.97 Å². The number of nitrogens with zero attached hydrogens (tertiary/aromatic N) is 1. The molecule has 0 saturated heterocycles. The molecule has 0 radical (unpaired) electrons. The zero-order valence-electron chi connectivity index (χ0n) is 7.68. The van der Waals surface area contributed by atoms with E-state index in [0.29, 0.717) is 6.42 Å². The van der Waals surface area contributed by atoms with Crippen LogP contribution in [-0.2, 0) is 9.53 Å². The van der Waals surface area contributed by atoms with Gasteiger partial charge in [-0.15, -0.1) is 0 Å². The summed E-state index contributed by atoms with van der Waals surface area (Å²) in [5, 5.41) is 3.15. The van der Waals surface area contributed by atoms with Crippen LogP contribution in [0.5, 0.6) is 0 Å². The summed E-state index contributed by atoms with van der Waals surface area (Å²) >= 11 is 0. The minimum Gasteiger partial charge on any atom is -0.469 e. The van der Waals surface area contributed by atoms with Crippen molar-refractivity contribution in [2.24, 2.45) is 0 Å². The van der Waals surface area contributed by atoms with Crippen molar-refractivity contribution < 1.29 is 9.53 Å². The predicted octanol–water partition coefficient (Wildman–Crippen LogP) is 0.273. The van der Waals surface area contributed by atoms with Gasteiger partial charge in [-0.3, -0.25) is 4.79 Å². The van der Waals surface area contributed by atoms with Gasteiger partial charge in [0.05, 0.1) is 20.2 Å². The number of carbonyl (C=O) groups is 1. The molecule has 4 heteroatoms. The molecule has 0 fully saturated rings. The smallest absolute Gasteiger partial charge is 0.311 e. The minimum atomic E-state index is -0.195. The molecular formula is C8H14N2O2. The van der Waals surface area contributed by atoms with Gasteiger partial charge < -0.3 is 15.0 Å². The number of ether oxygens (including phenoxy) is 1. The van der Waals surface area contributed by atoms with E-state index >= 15 is 0 Å². The fourth-order valence-electron chi connectivity index (χ4n) is 1.20. The summed E-state index contributed by atoms with van der Waals surface area (Å²) in [7, 11) is 3.35. The van der Waals surface area contributed by atoms with E-state index in [4.69, 9.17) is 0 Å². The molecule has 1 rings (SSSR count). The molecule has 1 heterocycles. The van der Waals surface area contributed by atoms with Crippen LogP contribution < -0.4 is 5.32 Å². The number of allylic oxidation sites excluding steroid dienone is 1. The number of methoxy groups -OCH3 is 1. The molecule has 1 N–H and O–H groups in total. The van der Waals surface area contributed by atoms with Gasteiger partial charge in [-0.1, -0.05) is 0 Å². The Bertz CT molecular complexity index is 223. The van der Waals surface area contributed by atoms with Crippen molar-refractivity contribution in [3.05, 3.63) is 11.4 Å². The maximum Gasteiger partial charge on any atom is 0.311 e. The van der Waals surface area contributed by atoms with E-state index in [2.05, 4.69) is 10.1 Å². The van der Waals surface area contributed by atoms with Crippen molar-refractivity contribution in [3.8, 4) is 0 Å². The molecule has 1 aliphatic rings. The van der Waals surface area contributed by atoms with Crippen molar-refractivity contribution in [2.75, 3.05) is 20.8 Å². The molecular weight excluding hydrogens is 156 g/mol. The number of hydrogen-bond acceptors (Lipinski definition) is 4. The van der Waals surface area contributed by atoms with Gasteiger partial charge in [0, 0.05) is 18.4 Å². The summed E-state index contributed by atoms with van der Waals surface area (Å²) in [6.45, 7) is 2.74. The van der Waals surface area contributed by atoms with Crippen LogP contribution in [0.4, 0.5) is 0 Å². The Balaban J connectivity index is 2.61. The minimum absolute atomic E-state index is 0.195. The first-order chi connectivity index (χ1) is 5.65. The third-order valence-corrected chi connectivity index (χ3v) is 2.01. The van der Waals surface area contributed by atoms with E-state index < -0.39 is 0 Å². The van der Waals surface area contributed by atoms with Crippen LogP contribution in [0.3, 0.4) is 0 Å². The maximum atomic E-state index is 10.9. The quantitative estimate of drug-likeness (QED) is 0.604. The Labute approximate surface area is 72.2 Å². The summed E-state index contributed by atoms with van der Waals surface area (Å²) in [5.74, 6) is -0.195. The van der Waals surface area contributed by atoms with Gasteiger partial charge in [-0.25, -0.2) is 0 Å². The summed E-state index contributed by atoms with van der Waals surface area (Å²) in [6, 6.07) is 0. The van der Waals surface area contributed by atoms with Crippen molar-refractivity contribution in [3.63, 3.8) is 0 Å². The second kappa shape index (κ2) is 3.47. The van der Waals surface area contributed by atoms with Crippen molar-refractivity contribution in [2.45, 2.75) is 13.3 Å². The van der Waals surface area contributed by atoms with Gasteiger partial charge in [-0.2, -0.15) is 0 Å². The molecule has 0 atom stereocenters. The van der Waals surface area contributed by atoms with E-state index in [1.807, 2.05) is 18.9 Å². The standard InChI is InChI=1S/C8H14N2O2/c1-6-7(4-8(11)12-3)10(2)5-9-6/h9H,4-5H2,1-3H3. The Morgan fingerprint density at radius 3 is 2.83 bits per heavy atom. The molecule has 12 heavy (non-hydrogen) atoms. The molecule has 0 aromatic carbocycles. The highest BCUT2D eigenvalue weighted by atomic mass is 16.5. The highest BCUT2D eigenvalue weighted by molar-refractivity contribution is 5.72. The van der Waals surface area contributed by atoms with Crippen molar-refractivity contribution in [1.29, 1.82) is 0 Å². The molecule has 0 spiro atoms. The summed E-state index contributed by atoms with van der Waals surface area (Å²) in [4.78, 5) is 13.0. The SMILES string of the molecule is COC(=O)CC1=C(C)NCN1C. The third kappa shape index (κ3) is 1.69. The molecule has 0 amide bonds. The predicted molar refractivity (Wildman–Crippen MR) is 45.1 cm³/mol. The maximum absolute atomic E-state index is 10.9. The summed E-state index contributed by atoms with van der Waals surface area (Å²) in [6.07, 6.45) is 0.353. The zero-order chi connectivity index (χ0) is 9.14. The van der Waals surface area contributed by atoms with Crippen LogP contribution in [0.1, 0.15) is 13.3 Å². The highest BCUT2D eigenvalue weighted by Gasteiger charge is 2.18. The van der Waals surface area contributed by atoms with Gasteiger partial charge in [0.15, 0.2) is 0 Å². The molecule has 0 aromatic rings. The number of hydrogen-bond donors (Lipinski definition) is 1. The number of esters is 1. The van der Waals surface area contributed by atoms with Crippen molar-refractivity contribution in [1.82, 2.24) is 10.2 Å². The molecule has 0 aromatic heterocycles. The number of rotatable bonds is 2. The van der Waals surface area contributed by atoms with Gasteiger partial charge in [0.1, 0.15) is 0 Å². The Morgan fingerprint density at radius 1 is 1.75 bits per heavy atom. The normalized spacial score (nSPS) is 16.4. The van der Waals surface area contributed by atoms with E-state index in [1.54, 1.807) is 0 Å². The number of carbonyl (C=O) groups excluding carboxylic acids is 1. The zero-order valence-corrected chi connectivity index (χ0v) is 7.68. The third-order valence-electron chi connectivity index (χ3n) is 2.01. The summed E-state index contributed by atoms with van der Waals surface area (Å²) < 4.78 is 4.58. The summed E-state index contributed by atoms with van der Waals surface area (Å²) in [5.41, 5.74) is 2.07.